The van der Waals surface area contributed by atoms with Crippen LogP contribution in [0.1, 0.15) is 59.8 Å². The lowest BCUT2D eigenvalue weighted by atomic mass is 9.61. The molecule has 0 N–H and O–H groups in total. The van der Waals surface area contributed by atoms with Crippen LogP contribution in [0.3, 0.4) is 0 Å². The van der Waals surface area contributed by atoms with E-state index in [1.165, 1.54) is 32.1 Å². The molecule has 2 fully saturated rings. The Morgan fingerprint density at radius 2 is 1.87 bits per heavy atom. The van der Waals surface area contributed by atoms with Crippen LogP contribution in [0.5, 0.6) is 0 Å². The second-order valence-electron chi connectivity index (χ2n) is 7.12. The van der Waals surface area contributed by atoms with Gasteiger partial charge in [-0.25, -0.2) is 0 Å². The average molecular weight is 204 g/mol. The van der Waals surface area contributed by atoms with Gasteiger partial charge in [-0.1, -0.05) is 38.8 Å². The van der Waals surface area contributed by atoms with E-state index in [-0.39, 0.29) is 0 Å². The van der Waals surface area contributed by atoms with Gasteiger partial charge in [-0.2, -0.15) is 0 Å². The molecule has 0 radical (unpaired) electrons. The van der Waals surface area contributed by atoms with E-state index in [4.69, 9.17) is 0 Å². The maximum absolute atomic E-state index is 2.62. The minimum Gasteiger partial charge on any atom is -0.0813 e. The molecule has 0 nitrogen and oxygen atoms in total. The average Bonchev–Trinajstić information content (AvgIpc) is 2.68. The molecule has 0 heteroatoms. The first-order valence-corrected chi connectivity index (χ1v) is 6.61. The molecule has 0 amide bonds. The van der Waals surface area contributed by atoms with Crippen LogP contribution in [0, 0.1) is 22.2 Å². The summed E-state index contributed by atoms with van der Waals surface area (Å²) >= 11 is 0. The van der Waals surface area contributed by atoms with Gasteiger partial charge in [-0.3, -0.25) is 0 Å². The third-order valence-electron chi connectivity index (χ3n) is 6.22. The molecule has 15 heavy (non-hydrogen) atoms. The Balaban J connectivity index is 2.07. The molecule has 0 aromatic carbocycles. The molecule has 2 saturated carbocycles. The third-order valence-corrected chi connectivity index (χ3v) is 6.22. The highest BCUT2D eigenvalue weighted by Crippen LogP contribution is 2.84. The Morgan fingerprint density at radius 1 is 1.13 bits per heavy atom. The van der Waals surface area contributed by atoms with Gasteiger partial charge in [-0.05, 0) is 54.8 Å². The molecule has 1 unspecified atom stereocenters. The van der Waals surface area contributed by atoms with Crippen molar-refractivity contribution in [2.24, 2.45) is 22.2 Å². The smallest absolute Gasteiger partial charge is 0.0104 e. The summed E-state index contributed by atoms with van der Waals surface area (Å²) < 4.78 is 0. The first-order valence-electron chi connectivity index (χ1n) is 6.61. The van der Waals surface area contributed by atoms with E-state index in [9.17, 15) is 0 Å². The zero-order chi connectivity index (χ0) is 10.9. The van der Waals surface area contributed by atoms with E-state index in [1.54, 1.807) is 5.57 Å². The van der Waals surface area contributed by atoms with Crippen molar-refractivity contribution in [2.75, 3.05) is 0 Å². The van der Waals surface area contributed by atoms with E-state index in [2.05, 4.69) is 33.8 Å². The zero-order valence-electron chi connectivity index (χ0n) is 10.7. The molecular formula is C15H24. The summed E-state index contributed by atoms with van der Waals surface area (Å²) in [6.07, 6.45) is 9.82. The van der Waals surface area contributed by atoms with Gasteiger partial charge in [0, 0.05) is 0 Å². The number of fused-ring (bicyclic) bond motifs is 1. The molecule has 0 bridgehead atoms. The van der Waals surface area contributed by atoms with Gasteiger partial charge in [0.15, 0.2) is 0 Å². The molecule has 3 aliphatic carbocycles. The predicted molar refractivity (Wildman–Crippen MR) is 64.7 cm³/mol. The first-order chi connectivity index (χ1) is 6.94. The summed E-state index contributed by atoms with van der Waals surface area (Å²) in [5.41, 5.74) is 3.57. The fraction of sp³-hybridized carbons (Fsp3) is 0.867. The summed E-state index contributed by atoms with van der Waals surface area (Å²) in [6, 6.07) is 0. The van der Waals surface area contributed by atoms with Crippen LogP contribution >= 0.6 is 0 Å². The monoisotopic (exact) mass is 204 g/mol. The van der Waals surface area contributed by atoms with Crippen molar-refractivity contribution in [1.29, 1.82) is 0 Å². The van der Waals surface area contributed by atoms with Crippen LogP contribution in [-0.2, 0) is 0 Å². The SMILES string of the molecule is CC1=CC2[C@]3(C)CCCC(C)(C)[C@@]23CC1. The van der Waals surface area contributed by atoms with Crippen LogP contribution in [0.2, 0.25) is 0 Å². The van der Waals surface area contributed by atoms with Gasteiger partial charge in [0.05, 0.1) is 0 Å². The lowest BCUT2D eigenvalue weighted by Crippen LogP contribution is -2.35. The number of hydrogen-bond donors (Lipinski definition) is 0. The molecule has 3 rings (SSSR count). The van der Waals surface area contributed by atoms with E-state index >= 15 is 0 Å². The highest BCUT2D eigenvalue weighted by Gasteiger charge is 2.78. The zero-order valence-corrected chi connectivity index (χ0v) is 10.7. The van der Waals surface area contributed by atoms with Crippen molar-refractivity contribution < 1.29 is 0 Å². The number of hydrogen-bond acceptors (Lipinski definition) is 0. The van der Waals surface area contributed by atoms with Gasteiger partial charge >= 0.3 is 0 Å². The topological polar surface area (TPSA) is 0 Å². The maximum atomic E-state index is 2.62. The summed E-state index contributed by atoms with van der Waals surface area (Å²) in [5, 5.41) is 0. The fourth-order valence-electron chi connectivity index (χ4n) is 5.36. The second kappa shape index (κ2) is 2.52. The highest BCUT2D eigenvalue weighted by atomic mass is 14.8. The van der Waals surface area contributed by atoms with Crippen LogP contribution < -0.4 is 0 Å². The number of rotatable bonds is 0. The lowest BCUT2D eigenvalue weighted by molar-refractivity contribution is 0.0663. The molecule has 0 aromatic rings. The van der Waals surface area contributed by atoms with Crippen LogP contribution in [0.25, 0.3) is 0 Å². The van der Waals surface area contributed by atoms with E-state index < -0.39 is 0 Å². The van der Waals surface area contributed by atoms with E-state index in [0.717, 1.165) is 5.92 Å². The largest absolute Gasteiger partial charge is 0.0813 e. The summed E-state index contributed by atoms with van der Waals surface area (Å²) in [4.78, 5) is 0. The molecule has 1 spiro atoms. The van der Waals surface area contributed by atoms with Crippen molar-refractivity contribution >= 4 is 0 Å². The van der Waals surface area contributed by atoms with E-state index in [1.807, 2.05) is 0 Å². The fourth-order valence-corrected chi connectivity index (χ4v) is 5.36. The summed E-state index contributed by atoms with van der Waals surface area (Å²) in [6.45, 7) is 9.94. The maximum Gasteiger partial charge on any atom is -0.0104 e. The minimum atomic E-state index is 0.585. The Kier molecular flexibility index (Phi) is 1.67. The lowest BCUT2D eigenvalue weighted by Gasteiger charge is -2.43. The van der Waals surface area contributed by atoms with Crippen LogP contribution in [-0.4, -0.2) is 0 Å². The van der Waals surface area contributed by atoms with Gasteiger partial charge in [0.25, 0.3) is 0 Å². The Hall–Kier alpha value is -0.260. The normalized spacial score (nSPS) is 51.5. The Morgan fingerprint density at radius 3 is 2.60 bits per heavy atom. The van der Waals surface area contributed by atoms with Crippen molar-refractivity contribution in [2.45, 2.75) is 59.8 Å². The minimum absolute atomic E-state index is 0.585. The third kappa shape index (κ3) is 0.905. The predicted octanol–water partition coefficient (Wildman–Crippen LogP) is 4.56. The van der Waals surface area contributed by atoms with E-state index in [0.29, 0.717) is 16.2 Å². The molecule has 3 atom stereocenters. The van der Waals surface area contributed by atoms with Gasteiger partial charge in [0.2, 0.25) is 0 Å². The van der Waals surface area contributed by atoms with Gasteiger partial charge < -0.3 is 0 Å². The number of allylic oxidation sites excluding steroid dienone is 2. The first kappa shape index (κ1) is 9.93. The molecule has 0 saturated heterocycles. The van der Waals surface area contributed by atoms with Gasteiger partial charge in [0.1, 0.15) is 0 Å². The van der Waals surface area contributed by atoms with Crippen molar-refractivity contribution in [3.8, 4) is 0 Å². The molecule has 0 aliphatic heterocycles. The van der Waals surface area contributed by atoms with Crippen LogP contribution in [0.4, 0.5) is 0 Å². The molecular weight excluding hydrogens is 180 g/mol. The molecule has 3 aliphatic rings. The second-order valence-corrected chi connectivity index (χ2v) is 7.12. The van der Waals surface area contributed by atoms with Crippen molar-refractivity contribution in [3.05, 3.63) is 11.6 Å². The molecule has 0 aromatic heterocycles. The highest BCUT2D eigenvalue weighted by molar-refractivity contribution is 5.35. The van der Waals surface area contributed by atoms with Crippen molar-refractivity contribution in [1.82, 2.24) is 0 Å². The Bertz CT molecular complexity index is 336. The van der Waals surface area contributed by atoms with Gasteiger partial charge in [-0.15, -0.1) is 0 Å². The molecule has 84 valence electrons. The van der Waals surface area contributed by atoms with Crippen molar-refractivity contribution in [3.63, 3.8) is 0 Å². The quantitative estimate of drug-likeness (QED) is 0.507. The standard InChI is InChI=1S/C15H24/c1-11-6-9-15-12(10-11)14(15,4)8-5-7-13(15,2)3/h10,12H,5-9H2,1-4H3/t12?,14-,15+/m0/s1. The molecule has 0 heterocycles. The summed E-state index contributed by atoms with van der Waals surface area (Å²) in [7, 11) is 0. The Labute approximate surface area is 94.1 Å². The van der Waals surface area contributed by atoms with Crippen LogP contribution in [0.15, 0.2) is 11.6 Å². The summed E-state index contributed by atoms with van der Waals surface area (Å²) in [5.74, 6) is 0.913.